The molecule has 1 aromatic carbocycles. The van der Waals surface area contributed by atoms with E-state index in [9.17, 15) is 22.4 Å². The molecule has 2 nitrogen and oxygen atoms in total. The van der Waals surface area contributed by atoms with Crippen LogP contribution in [0.25, 0.3) is 0 Å². The molecule has 1 rings (SSSR count). The van der Waals surface area contributed by atoms with Crippen LogP contribution in [0.3, 0.4) is 0 Å². The Labute approximate surface area is 103 Å². The maximum absolute atomic E-state index is 12.1. The molecule has 0 aliphatic carbocycles. The van der Waals surface area contributed by atoms with Gasteiger partial charge in [0.1, 0.15) is 0 Å². The number of carbonyl (C=O) groups excluding carboxylic acids is 1. The summed E-state index contributed by atoms with van der Waals surface area (Å²) in [6.07, 6.45) is -4.42. The van der Waals surface area contributed by atoms with Crippen molar-refractivity contribution in [1.29, 1.82) is 0 Å². The van der Waals surface area contributed by atoms with E-state index >= 15 is 0 Å². The molecule has 0 aliphatic rings. The molecule has 1 atom stereocenters. The Morgan fingerprint density at radius 1 is 1.39 bits per heavy atom. The van der Waals surface area contributed by atoms with Gasteiger partial charge in [-0.25, -0.2) is 4.39 Å². The molecule has 0 saturated carbocycles. The number of halogens is 4. The average molecular weight is 265 g/mol. The van der Waals surface area contributed by atoms with Crippen molar-refractivity contribution in [1.82, 2.24) is 0 Å². The summed E-state index contributed by atoms with van der Waals surface area (Å²) in [6, 6.07) is 3.98. The van der Waals surface area contributed by atoms with E-state index < -0.39 is 23.8 Å². The van der Waals surface area contributed by atoms with Gasteiger partial charge in [0.25, 0.3) is 0 Å². The van der Waals surface area contributed by atoms with E-state index in [1.807, 2.05) is 6.92 Å². The number of carbonyl (C=O) groups is 1. The van der Waals surface area contributed by atoms with Crippen molar-refractivity contribution in [3.63, 3.8) is 0 Å². The molecule has 0 aliphatic heterocycles. The first-order valence-electron chi connectivity index (χ1n) is 5.29. The van der Waals surface area contributed by atoms with Crippen molar-refractivity contribution in [3.05, 3.63) is 35.4 Å². The smallest absolute Gasteiger partial charge is 0.366 e. The van der Waals surface area contributed by atoms with Crippen LogP contribution >= 0.6 is 0 Å². The van der Waals surface area contributed by atoms with Gasteiger partial charge in [0.2, 0.25) is 5.91 Å². The minimum absolute atomic E-state index is 0.144. The number of alkyl halides is 4. The fraction of sp³-hybridized carbons (Fsp3) is 0.417. The number of benzene rings is 1. The monoisotopic (exact) mass is 265 g/mol. The zero-order valence-electron chi connectivity index (χ0n) is 10.1. The Morgan fingerprint density at radius 2 is 1.89 bits per heavy atom. The molecule has 6 heteroatoms. The van der Waals surface area contributed by atoms with Gasteiger partial charge in [0.15, 0.2) is 0 Å². The van der Waals surface area contributed by atoms with Gasteiger partial charge in [0.05, 0.1) is 11.7 Å². The molecule has 0 aromatic heterocycles. The standard InChI is InChI=1S/C8H6F3NO.C4H9F/c9-8(10,11)6-3-1-2-5(4-6)7(12)13;1-3-4(2)5/h1-4H,(H2,12,13);4H,3H2,1-2H3. The lowest BCUT2D eigenvalue weighted by Crippen LogP contribution is -2.13. The maximum atomic E-state index is 12.1. The van der Waals surface area contributed by atoms with Gasteiger partial charge in [-0.15, -0.1) is 0 Å². The third-order valence-corrected chi connectivity index (χ3v) is 2.04. The summed E-state index contributed by atoms with van der Waals surface area (Å²) in [5.74, 6) is -0.869. The molecule has 0 radical (unpaired) electrons. The first-order chi connectivity index (χ1) is 8.18. The molecule has 2 N–H and O–H groups in total. The molecular formula is C12H15F4NO. The fourth-order valence-corrected chi connectivity index (χ4v) is 0.849. The molecule has 18 heavy (non-hydrogen) atoms. The Balaban J connectivity index is 0.000000494. The summed E-state index contributed by atoms with van der Waals surface area (Å²) in [4.78, 5) is 10.5. The van der Waals surface area contributed by atoms with E-state index in [1.54, 1.807) is 6.92 Å². The van der Waals surface area contributed by atoms with E-state index in [2.05, 4.69) is 0 Å². The molecule has 1 amide bonds. The van der Waals surface area contributed by atoms with Crippen molar-refractivity contribution < 1.29 is 22.4 Å². The van der Waals surface area contributed by atoms with Crippen LogP contribution < -0.4 is 5.73 Å². The Hall–Kier alpha value is -1.59. The average Bonchev–Trinajstić information content (AvgIpc) is 2.29. The van der Waals surface area contributed by atoms with Crippen LogP contribution in [0.4, 0.5) is 17.6 Å². The number of rotatable bonds is 2. The summed E-state index contributed by atoms with van der Waals surface area (Å²) >= 11 is 0. The lowest BCUT2D eigenvalue weighted by Gasteiger charge is -2.06. The van der Waals surface area contributed by atoms with Crippen molar-refractivity contribution in [2.24, 2.45) is 5.73 Å². The molecule has 1 unspecified atom stereocenters. The lowest BCUT2D eigenvalue weighted by atomic mass is 10.1. The van der Waals surface area contributed by atoms with Crippen LogP contribution in [-0.4, -0.2) is 12.1 Å². The summed E-state index contributed by atoms with van der Waals surface area (Å²) < 4.78 is 47.7. The highest BCUT2D eigenvalue weighted by atomic mass is 19.4. The van der Waals surface area contributed by atoms with Crippen LogP contribution in [0, 0.1) is 0 Å². The highest BCUT2D eigenvalue weighted by molar-refractivity contribution is 5.92. The van der Waals surface area contributed by atoms with Crippen molar-refractivity contribution >= 4 is 5.91 Å². The van der Waals surface area contributed by atoms with E-state index in [0.717, 1.165) is 18.2 Å². The SMILES string of the molecule is CCC(C)F.NC(=O)c1cccc(C(F)(F)F)c1. The molecule has 0 spiro atoms. The Kier molecular flexibility index (Phi) is 6.36. The number of hydrogen-bond donors (Lipinski definition) is 1. The summed E-state index contributed by atoms with van der Waals surface area (Å²) in [6.45, 7) is 3.38. The van der Waals surface area contributed by atoms with E-state index in [1.165, 1.54) is 6.07 Å². The van der Waals surface area contributed by atoms with E-state index in [4.69, 9.17) is 5.73 Å². The molecular weight excluding hydrogens is 250 g/mol. The van der Waals surface area contributed by atoms with Gasteiger partial charge in [-0.05, 0) is 31.5 Å². The van der Waals surface area contributed by atoms with E-state index in [-0.39, 0.29) is 5.56 Å². The first kappa shape index (κ1) is 16.4. The zero-order chi connectivity index (χ0) is 14.3. The molecule has 102 valence electrons. The van der Waals surface area contributed by atoms with E-state index in [0.29, 0.717) is 6.42 Å². The summed E-state index contributed by atoms with van der Waals surface area (Å²) in [5.41, 5.74) is 3.80. The van der Waals surface area contributed by atoms with Crippen LogP contribution in [0.2, 0.25) is 0 Å². The molecule has 0 heterocycles. The fourth-order valence-electron chi connectivity index (χ4n) is 0.849. The number of hydrogen-bond acceptors (Lipinski definition) is 1. The quantitative estimate of drug-likeness (QED) is 0.816. The number of amides is 1. The van der Waals surface area contributed by atoms with Gasteiger partial charge < -0.3 is 5.73 Å². The minimum atomic E-state index is -4.44. The van der Waals surface area contributed by atoms with Crippen LogP contribution in [0.1, 0.15) is 36.2 Å². The van der Waals surface area contributed by atoms with Crippen LogP contribution in [0.5, 0.6) is 0 Å². The normalized spacial score (nSPS) is 12.3. The zero-order valence-corrected chi connectivity index (χ0v) is 10.1. The van der Waals surface area contributed by atoms with Crippen LogP contribution in [-0.2, 0) is 6.18 Å². The first-order valence-corrected chi connectivity index (χ1v) is 5.29. The van der Waals surface area contributed by atoms with Gasteiger partial charge in [-0.1, -0.05) is 13.0 Å². The molecule has 0 bridgehead atoms. The second kappa shape index (κ2) is 6.98. The lowest BCUT2D eigenvalue weighted by molar-refractivity contribution is -0.137. The third kappa shape index (κ3) is 6.22. The Bertz CT molecular complexity index is 388. The van der Waals surface area contributed by atoms with Crippen molar-refractivity contribution in [2.75, 3.05) is 0 Å². The number of nitrogens with two attached hydrogens (primary N) is 1. The largest absolute Gasteiger partial charge is 0.416 e. The molecule has 0 fully saturated rings. The highest BCUT2D eigenvalue weighted by Gasteiger charge is 2.30. The van der Waals surface area contributed by atoms with Crippen molar-refractivity contribution in [2.45, 2.75) is 32.6 Å². The predicted octanol–water partition coefficient (Wildman–Crippen LogP) is 3.56. The molecule has 0 saturated heterocycles. The van der Waals surface area contributed by atoms with Gasteiger partial charge >= 0.3 is 6.18 Å². The van der Waals surface area contributed by atoms with Gasteiger partial charge in [0, 0.05) is 5.56 Å². The maximum Gasteiger partial charge on any atom is 0.416 e. The van der Waals surface area contributed by atoms with Gasteiger partial charge in [-0.3, -0.25) is 4.79 Å². The second-order valence-electron chi connectivity index (χ2n) is 3.63. The summed E-state index contributed by atoms with van der Waals surface area (Å²) in [7, 11) is 0. The highest BCUT2D eigenvalue weighted by Crippen LogP contribution is 2.29. The second-order valence-corrected chi connectivity index (χ2v) is 3.63. The predicted molar refractivity (Wildman–Crippen MR) is 60.8 cm³/mol. The Morgan fingerprint density at radius 3 is 2.22 bits per heavy atom. The molecule has 1 aromatic rings. The minimum Gasteiger partial charge on any atom is -0.366 e. The van der Waals surface area contributed by atoms with Gasteiger partial charge in [-0.2, -0.15) is 13.2 Å². The summed E-state index contributed by atoms with van der Waals surface area (Å²) in [5, 5.41) is 0. The topological polar surface area (TPSA) is 43.1 Å². The van der Waals surface area contributed by atoms with Crippen LogP contribution in [0.15, 0.2) is 24.3 Å². The number of primary amides is 1. The van der Waals surface area contributed by atoms with Crippen molar-refractivity contribution in [3.8, 4) is 0 Å². The third-order valence-electron chi connectivity index (χ3n) is 2.04.